The molecule has 122 valence electrons. The summed E-state index contributed by atoms with van der Waals surface area (Å²) >= 11 is 17.6. The number of benzene rings is 1. The first-order valence-corrected chi connectivity index (χ1v) is 7.54. The fraction of sp³-hybridized carbons (Fsp3) is 0.429. The van der Waals surface area contributed by atoms with Crippen LogP contribution < -0.4 is 10.1 Å². The van der Waals surface area contributed by atoms with Crippen molar-refractivity contribution >= 4 is 46.7 Å². The van der Waals surface area contributed by atoms with Crippen LogP contribution in [0.3, 0.4) is 0 Å². The van der Waals surface area contributed by atoms with Crippen molar-refractivity contribution in [3.8, 4) is 5.75 Å². The minimum Gasteiger partial charge on any atom is -0.482 e. The number of hydrogen-bond donors (Lipinski definition) is 1. The maximum atomic E-state index is 11.9. The van der Waals surface area contributed by atoms with Gasteiger partial charge in [-0.25, -0.2) is 4.79 Å². The molecule has 5 nitrogen and oxygen atoms in total. The fourth-order valence-electron chi connectivity index (χ4n) is 1.60. The molecule has 0 aromatic heterocycles. The Morgan fingerprint density at radius 1 is 1.14 bits per heavy atom. The Bertz CT molecular complexity index is 563. The molecular formula is C14H16Cl3NO4. The third kappa shape index (κ3) is 5.23. The number of methoxy groups -OCH3 is 1. The molecule has 0 heterocycles. The third-order valence-corrected chi connectivity index (χ3v) is 3.79. The standard InChI is InChI=1S/C14H16Cl3NO4/c1-7(2)13(14(20)21-3)18-12(19)6-22-11-5-9(16)8(15)4-10(11)17/h4-5,7,13H,6H2,1-3H3,(H,18,19). The highest BCUT2D eigenvalue weighted by molar-refractivity contribution is 6.43. The van der Waals surface area contributed by atoms with Crippen LogP contribution >= 0.6 is 34.8 Å². The second kappa shape index (κ2) is 8.46. The van der Waals surface area contributed by atoms with E-state index in [-0.39, 0.29) is 33.3 Å². The highest BCUT2D eigenvalue weighted by Gasteiger charge is 2.25. The van der Waals surface area contributed by atoms with Gasteiger partial charge in [-0.15, -0.1) is 0 Å². The van der Waals surface area contributed by atoms with Gasteiger partial charge in [0.15, 0.2) is 6.61 Å². The van der Waals surface area contributed by atoms with E-state index in [0.29, 0.717) is 0 Å². The van der Waals surface area contributed by atoms with Gasteiger partial charge in [-0.3, -0.25) is 4.79 Å². The van der Waals surface area contributed by atoms with Crippen LogP contribution in [0.25, 0.3) is 0 Å². The molecule has 1 N–H and O–H groups in total. The van der Waals surface area contributed by atoms with Crippen molar-refractivity contribution < 1.29 is 19.1 Å². The van der Waals surface area contributed by atoms with E-state index in [1.165, 1.54) is 19.2 Å². The average Bonchev–Trinajstić information content (AvgIpc) is 2.46. The van der Waals surface area contributed by atoms with E-state index in [0.717, 1.165) is 0 Å². The third-order valence-electron chi connectivity index (χ3n) is 2.77. The van der Waals surface area contributed by atoms with E-state index in [1.807, 2.05) is 0 Å². The second-order valence-electron chi connectivity index (χ2n) is 4.80. The van der Waals surface area contributed by atoms with Crippen molar-refractivity contribution in [2.24, 2.45) is 5.92 Å². The number of esters is 1. The van der Waals surface area contributed by atoms with Crippen molar-refractivity contribution in [3.63, 3.8) is 0 Å². The molecule has 1 aromatic carbocycles. The van der Waals surface area contributed by atoms with Crippen LogP contribution in [0.5, 0.6) is 5.75 Å². The summed E-state index contributed by atoms with van der Waals surface area (Å²) < 4.78 is 9.93. The summed E-state index contributed by atoms with van der Waals surface area (Å²) in [6.07, 6.45) is 0. The highest BCUT2D eigenvalue weighted by atomic mass is 35.5. The summed E-state index contributed by atoms with van der Waals surface area (Å²) in [5, 5.41) is 3.32. The summed E-state index contributed by atoms with van der Waals surface area (Å²) in [7, 11) is 1.26. The Morgan fingerprint density at radius 2 is 1.73 bits per heavy atom. The molecule has 0 aliphatic heterocycles. The maximum absolute atomic E-state index is 11.9. The van der Waals surface area contributed by atoms with E-state index in [1.54, 1.807) is 13.8 Å². The van der Waals surface area contributed by atoms with Crippen LogP contribution in [0.2, 0.25) is 15.1 Å². The van der Waals surface area contributed by atoms with Crippen LogP contribution in [0, 0.1) is 5.92 Å². The molecular weight excluding hydrogens is 353 g/mol. The number of amides is 1. The van der Waals surface area contributed by atoms with Crippen molar-refractivity contribution in [2.45, 2.75) is 19.9 Å². The molecule has 0 radical (unpaired) electrons. The molecule has 1 rings (SSSR count). The Labute approximate surface area is 143 Å². The zero-order valence-corrected chi connectivity index (χ0v) is 14.6. The number of ether oxygens (including phenoxy) is 2. The first-order chi connectivity index (χ1) is 10.3. The van der Waals surface area contributed by atoms with Crippen LogP contribution in [0.15, 0.2) is 12.1 Å². The smallest absolute Gasteiger partial charge is 0.328 e. The minimum atomic E-state index is -0.745. The van der Waals surface area contributed by atoms with Gasteiger partial charge < -0.3 is 14.8 Å². The molecule has 0 saturated carbocycles. The summed E-state index contributed by atoms with van der Waals surface area (Å²) in [4.78, 5) is 23.4. The molecule has 1 aromatic rings. The van der Waals surface area contributed by atoms with E-state index in [4.69, 9.17) is 39.5 Å². The number of hydrogen-bond acceptors (Lipinski definition) is 4. The monoisotopic (exact) mass is 367 g/mol. The lowest BCUT2D eigenvalue weighted by molar-refractivity contribution is -0.146. The molecule has 0 aliphatic rings. The Kier molecular flexibility index (Phi) is 7.26. The largest absolute Gasteiger partial charge is 0.482 e. The first-order valence-electron chi connectivity index (χ1n) is 6.40. The van der Waals surface area contributed by atoms with Gasteiger partial charge in [-0.05, 0) is 12.0 Å². The van der Waals surface area contributed by atoms with Gasteiger partial charge in [-0.2, -0.15) is 0 Å². The van der Waals surface area contributed by atoms with E-state index in [9.17, 15) is 9.59 Å². The predicted octanol–water partition coefficient (Wildman–Crippen LogP) is 3.34. The molecule has 1 atom stereocenters. The topological polar surface area (TPSA) is 64.6 Å². The molecule has 22 heavy (non-hydrogen) atoms. The highest BCUT2D eigenvalue weighted by Crippen LogP contribution is 2.33. The van der Waals surface area contributed by atoms with Gasteiger partial charge in [0.1, 0.15) is 11.8 Å². The lowest BCUT2D eigenvalue weighted by atomic mass is 10.0. The van der Waals surface area contributed by atoms with Gasteiger partial charge in [0.2, 0.25) is 0 Å². The number of carbonyl (C=O) groups is 2. The molecule has 0 spiro atoms. The van der Waals surface area contributed by atoms with Crippen molar-refractivity contribution in [1.82, 2.24) is 5.32 Å². The normalized spacial score (nSPS) is 12.0. The Morgan fingerprint density at radius 3 is 2.27 bits per heavy atom. The second-order valence-corrected chi connectivity index (χ2v) is 6.02. The van der Waals surface area contributed by atoms with E-state index in [2.05, 4.69) is 10.1 Å². The quantitative estimate of drug-likeness (QED) is 0.618. The average molecular weight is 369 g/mol. The van der Waals surface area contributed by atoms with Crippen molar-refractivity contribution in [3.05, 3.63) is 27.2 Å². The van der Waals surface area contributed by atoms with Gasteiger partial charge in [0.25, 0.3) is 5.91 Å². The van der Waals surface area contributed by atoms with E-state index >= 15 is 0 Å². The number of rotatable bonds is 6. The molecule has 0 aliphatic carbocycles. The molecule has 0 saturated heterocycles. The van der Waals surface area contributed by atoms with Crippen molar-refractivity contribution in [2.75, 3.05) is 13.7 Å². The SMILES string of the molecule is COC(=O)C(NC(=O)COc1cc(Cl)c(Cl)cc1Cl)C(C)C. The number of halogens is 3. The first kappa shape index (κ1) is 18.9. The van der Waals surface area contributed by atoms with Gasteiger partial charge >= 0.3 is 5.97 Å². The van der Waals surface area contributed by atoms with Gasteiger partial charge in [-0.1, -0.05) is 48.7 Å². The lowest BCUT2D eigenvalue weighted by Gasteiger charge is -2.20. The molecule has 1 amide bonds. The minimum absolute atomic E-state index is 0.120. The number of nitrogens with one attached hydrogen (secondary N) is 1. The van der Waals surface area contributed by atoms with Gasteiger partial charge in [0.05, 0.1) is 22.2 Å². The summed E-state index contributed by atoms with van der Waals surface area (Å²) in [5.41, 5.74) is 0. The predicted molar refractivity (Wildman–Crippen MR) is 85.8 cm³/mol. The molecule has 8 heteroatoms. The molecule has 0 fully saturated rings. The summed E-state index contributed by atoms with van der Waals surface area (Å²) in [6.45, 7) is 3.26. The molecule has 1 unspecified atom stereocenters. The van der Waals surface area contributed by atoms with Gasteiger partial charge in [0, 0.05) is 6.07 Å². The zero-order valence-electron chi connectivity index (χ0n) is 12.3. The zero-order chi connectivity index (χ0) is 16.9. The molecule has 0 bridgehead atoms. The van der Waals surface area contributed by atoms with E-state index < -0.39 is 17.9 Å². The summed E-state index contributed by atoms with van der Waals surface area (Å²) in [5.74, 6) is -0.891. The summed E-state index contributed by atoms with van der Waals surface area (Å²) in [6, 6.07) is 2.09. The van der Waals surface area contributed by atoms with Crippen LogP contribution in [0.1, 0.15) is 13.8 Å². The Hall–Kier alpha value is -1.17. The van der Waals surface area contributed by atoms with Crippen LogP contribution in [0.4, 0.5) is 0 Å². The lowest BCUT2D eigenvalue weighted by Crippen LogP contribution is -2.46. The Balaban J connectivity index is 2.66. The van der Waals surface area contributed by atoms with Crippen LogP contribution in [-0.2, 0) is 14.3 Å². The number of carbonyl (C=O) groups excluding carboxylic acids is 2. The van der Waals surface area contributed by atoms with Crippen LogP contribution in [-0.4, -0.2) is 31.6 Å². The fourth-order valence-corrected chi connectivity index (χ4v) is 2.19. The van der Waals surface area contributed by atoms with Crippen molar-refractivity contribution in [1.29, 1.82) is 0 Å². The maximum Gasteiger partial charge on any atom is 0.328 e.